The Hall–Kier alpha value is -2.30. The second-order valence-corrected chi connectivity index (χ2v) is 7.52. The van der Waals surface area contributed by atoms with Crippen LogP contribution in [0.4, 0.5) is 0 Å². The van der Waals surface area contributed by atoms with Crippen LogP contribution in [0.1, 0.15) is 35.0 Å². The molecular formula is C23H29ClN2O2. The number of hydrogen-bond acceptors (Lipinski definition) is 3. The van der Waals surface area contributed by atoms with Crippen molar-refractivity contribution >= 4 is 28.5 Å². The zero-order chi connectivity index (χ0) is 20.7. The van der Waals surface area contributed by atoms with Gasteiger partial charge in [-0.1, -0.05) is 55.3 Å². The number of fused-ring (bicyclic) bond motifs is 1. The van der Waals surface area contributed by atoms with Gasteiger partial charge in [0.05, 0.1) is 23.2 Å². The van der Waals surface area contributed by atoms with Crippen molar-refractivity contribution in [1.29, 1.82) is 0 Å². The van der Waals surface area contributed by atoms with Crippen LogP contribution >= 0.6 is 11.6 Å². The van der Waals surface area contributed by atoms with Crippen molar-refractivity contribution in [2.24, 2.45) is 0 Å². The van der Waals surface area contributed by atoms with Crippen molar-refractivity contribution in [2.75, 3.05) is 28.3 Å². The Kier molecular flexibility index (Phi) is 8.09. The number of benzene rings is 2. The van der Waals surface area contributed by atoms with Crippen LogP contribution in [-0.2, 0) is 17.7 Å². The van der Waals surface area contributed by atoms with E-state index in [0.29, 0.717) is 5.56 Å². The Morgan fingerprint density at radius 3 is 2.25 bits per heavy atom. The lowest BCUT2D eigenvalue weighted by Gasteiger charge is -2.11. The maximum absolute atomic E-state index is 11.6. The van der Waals surface area contributed by atoms with Gasteiger partial charge in [0.25, 0.3) is 0 Å². The SMILES string of the molecule is CCCc1c(Cl)c2ccccc2n1Cc1ccc(C(=O)OC)cc1.CN(C)C. The summed E-state index contributed by atoms with van der Waals surface area (Å²) in [5, 5.41) is 1.94. The van der Waals surface area contributed by atoms with Crippen LogP contribution in [0.5, 0.6) is 0 Å². The lowest BCUT2D eigenvalue weighted by Crippen LogP contribution is -2.06. The van der Waals surface area contributed by atoms with Gasteiger partial charge in [0, 0.05) is 17.6 Å². The molecular weight excluding hydrogens is 372 g/mol. The first-order valence-electron chi connectivity index (χ1n) is 9.42. The summed E-state index contributed by atoms with van der Waals surface area (Å²) in [6.45, 7) is 2.88. The molecule has 0 aliphatic heterocycles. The van der Waals surface area contributed by atoms with E-state index in [1.165, 1.54) is 7.11 Å². The van der Waals surface area contributed by atoms with Gasteiger partial charge in [-0.15, -0.1) is 0 Å². The number of methoxy groups -OCH3 is 1. The Morgan fingerprint density at radius 2 is 1.68 bits per heavy atom. The van der Waals surface area contributed by atoms with Gasteiger partial charge in [0.2, 0.25) is 0 Å². The van der Waals surface area contributed by atoms with Crippen LogP contribution in [0, 0.1) is 0 Å². The van der Waals surface area contributed by atoms with Crippen molar-refractivity contribution in [3.05, 3.63) is 70.4 Å². The number of esters is 1. The molecule has 0 bridgehead atoms. The predicted molar refractivity (Wildman–Crippen MR) is 117 cm³/mol. The lowest BCUT2D eigenvalue weighted by atomic mass is 10.1. The number of aromatic nitrogens is 1. The summed E-state index contributed by atoms with van der Waals surface area (Å²) >= 11 is 6.61. The van der Waals surface area contributed by atoms with Crippen LogP contribution < -0.4 is 0 Å². The minimum atomic E-state index is -0.317. The third-order valence-electron chi connectivity index (χ3n) is 4.21. The molecule has 0 atom stereocenters. The second-order valence-electron chi connectivity index (χ2n) is 7.14. The Bertz CT molecular complexity index is 911. The van der Waals surface area contributed by atoms with Gasteiger partial charge >= 0.3 is 5.97 Å². The summed E-state index contributed by atoms with van der Waals surface area (Å²) in [5.41, 5.74) is 3.99. The van der Waals surface area contributed by atoms with Crippen molar-refractivity contribution < 1.29 is 9.53 Å². The molecule has 1 heterocycles. The van der Waals surface area contributed by atoms with E-state index in [2.05, 4.69) is 23.6 Å². The van der Waals surface area contributed by atoms with E-state index in [9.17, 15) is 4.79 Å². The number of halogens is 1. The van der Waals surface area contributed by atoms with E-state index in [1.807, 2.05) is 50.3 Å². The van der Waals surface area contributed by atoms with E-state index in [1.54, 1.807) is 12.1 Å². The van der Waals surface area contributed by atoms with Crippen molar-refractivity contribution in [2.45, 2.75) is 26.3 Å². The average Bonchev–Trinajstić information content (AvgIpc) is 2.94. The number of rotatable bonds is 5. The van der Waals surface area contributed by atoms with E-state index >= 15 is 0 Å². The van der Waals surface area contributed by atoms with E-state index < -0.39 is 0 Å². The molecule has 2 aromatic carbocycles. The topological polar surface area (TPSA) is 34.5 Å². The molecule has 0 spiro atoms. The molecule has 3 rings (SSSR count). The molecule has 0 fully saturated rings. The number of nitrogens with zero attached hydrogens (tertiary/aromatic N) is 2. The quantitative estimate of drug-likeness (QED) is 0.548. The smallest absolute Gasteiger partial charge is 0.337 e. The fourth-order valence-corrected chi connectivity index (χ4v) is 3.38. The van der Waals surface area contributed by atoms with E-state index in [4.69, 9.17) is 16.3 Å². The van der Waals surface area contributed by atoms with Crippen molar-refractivity contribution in [3.63, 3.8) is 0 Å². The molecule has 0 unspecified atom stereocenters. The summed E-state index contributed by atoms with van der Waals surface area (Å²) in [6, 6.07) is 15.7. The van der Waals surface area contributed by atoms with Crippen LogP contribution in [0.2, 0.25) is 5.02 Å². The summed E-state index contributed by atoms with van der Waals surface area (Å²) in [7, 11) is 7.39. The highest BCUT2D eigenvalue weighted by atomic mass is 35.5. The van der Waals surface area contributed by atoms with E-state index in [0.717, 1.165) is 46.6 Å². The number of carbonyl (C=O) groups is 1. The number of ether oxygens (including phenoxy) is 1. The van der Waals surface area contributed by atoms with Crippen molar-refractivity contribution in [1.82, 2.24) is 9.47 Å². The summed E-state index contributed by atoms with van der Waals surface area (Å²) in [6.07, 6.45) is 1.98. The van der Waals surface area contributed by atoms with Crippen LogP contribution in [0.25, 0.3) is 10.9 Å². The molecule has 0 amide bonds. The minimum Gasteiger partial charge on any atom is -0.465 e. The van der Waals surface area contributed by atoms with Gasteiger partial charge in [-0.05, 0) is 51.3 Å². The largest absolute Gasteiger partial charge is 0.465 e. The summed E-state index contributed by atoms with van der Waals surface area (Å²) in [4.78, 5) is 13.6. The molecule has 0 saturated heterocycles. The first-order chi connectivity index (χ1) is 13.4. The van der Waals surface area contributed by atoms with Crippen LogP contribution in [0.3, 0.4) is 0 Å². The highest BCUT2D eigenvalue weighted by Gasteiger charge is 2.15. The fourth-order valence-electron chi connectivity index (χ4n) is 3.02. The molecule has 5 heteroatoms. The fraction of sp³-hybridized carbons (Fsp3) is 0.348. The van der Waals surface area contributed by atoms with E-state index in [-0.39, 0.29) is 5.97 Å². The predicted octanol–water partition coefficient (Wildman–Crippen LogP) is 5.26. The highest BCUT2D eigenvalue weighted by molar-refractivity contribution is 6.36. The number of hydrogen-bond donors (Lipinski definition) is 0. The molecule has 3 aromatic rings. The van der Waals surface area contributed by atoms with Gasteiger partial charge < -0.3 is 14.2 Å². The van der Waals surface area contributed by atoms with Gasteiger partial charge in [-0.3, -0.25) is 0 Å². The van der Waals surface area contributed by atoms with Gasteiger partial charge in [0.1, 0.15) is 0 Å². The first-order valence-corrected chi connectivity index (χ1v) is 9.80. The molecule has 150 valence electrons. The third-order valence-corrected chi connectivity index (χ3v) is 4.63. The van der Waals surface area contributed by atoms with Gasteiger partial charge in [0.15, 0.2) is 0 Å². The van der Waals surface area contributed by atoms with Crippen molar-refractivity contribution in [3.8, 4) is 0 Å². The molecule has 0 N–H and O–H groups in total. The van der Waals surface area contributed by atoms with Crippen LogP contribution in [0.15, 0.2) is 48.5 Å². The molecule has 0 radical (unpaired) electrons. The molecule has 28 heavy (non-hydrogen) atoms. The molecule has 4 nitrogen and oxygen atoms in total. The van der Waals surface area contributed by atoms with Crippen LogP contribution in [-0.4, -0.2) is 43.7 Å². The Morgan fingerprint density at radius 1 is 1.07 bits per heavy atom. The second kappa shape index (κ2) is 10.3. The maximum Gasteiger partial charge on any atom is 0.337 e. The zero-order valence-corrected chi connectivity index (χ0v) is 18.1. The normalized spacial score (nSPS) is 10.7. The molecule has 0 aliphatic carbocycles. The summed E-state index contributed by atoms with van der Waals surface area (Å²) in [5.74, 6) is -0.317. The Labute approximate surface area is 172 Å². The molecule has 0 aliphatic rings. The standard InChI is InChI=1S/C20H20ClNO2.C3H9N/c1-3-6-18-19(21)16-7-4-5-8-17(16)22(18)13-14-9-11-15(12-10-14)20(23)24-2;1-4(2)3/h4-5,7-12H,3,6,13H2,1-2H3;1-3H3. The molecule has 1 aromatic heterocycles. The zero-order valence-electron chi connectivity index (χ0n) is 17.3. The number of carbonyl (C=O) groups excluding carboxylic acids is 1. The third kappa shape index (κ3) is 5.37. The average molecular weight is 401 g/mol. The monoisotopic (exact) mass is 400 g/mol. The number of para-hydroxylation sites is 1. The summed E-state index contributed by atoms with van der Waals surface area (Å²) < 4.78 is 7.02. The highest BCUT2D eigenvalue weighted by Crippen LogP contribution is 2.32. The maximum atomic E-state index is 11.6. The van der Waals surface area contributed by atoms with Gasteiger partial charge in [-0.2, -0.15) is 0 Å². The Balaban J connectivity index is 0.000000640. The molecule has 0 saturated carbocycles. The first kappa shape index (κ1) is 22.0. The minimum absolute atomic E-state index is 0.317. The van der Waals surface area contributed by atoms with Gasteiger partial charge in [-0.25, -0.2) is 4.79 Å². The lowest BCUT2D eigenvalue weighted by molar-refractivity contribution is 0.0600.